The molecule has 1 aliphatic rings. The zero-order valence-electron chi connectivity index (χ0n) is 6.19. The highest BCUT2D eigenvalue weighted by molar-refractivity contribution is 9.09. The van der Waals surface area contributed by atoms with Crippen LogP contribution in [0, 0.1) is 0 Å². The normalized spacial score (nSPS) is 20.9. The van der Waals surface area contributed by atoms with Crippen LogP contribution in [0.2, 0.25) is 0 Å². The van der Waals surface area contributed by atoms with Crippen LogP contribution in [0.4, 0.5) is 0 Å². The summed E-state index contributed by atoms with van der Waals surface area (Å²) in [5.74, 6) is 0. The van der Waals surface area contributed by atoms with Crippen LogP contribution in [-0.4, -0.2) is 9.97 Å². The average Bonchev–Trinajstić information content (AvgIpc) is 2.33. The van der Waals surface area contributed by atoms with E-state index in [1.165, 1.54) is 0 Å². The molecule has 0 aromatic carbocycles. The van der Waals surface area contributed by atoms with Gasteiger partial charge in [-0.1, -0.05) is 15.9 Å². The summed E-state index contributed by atoms with van der Waals surface area (Å²) in [4.78, 5) is 27.0. The molecule has 1 atom stereocenters. The van der Waals surface area contributed by atoms with Crippen molar-refractivity contribution in [3.05, 3.63) is 32.1 Å². The van der Waals surface area contributed by atoms with Gasteiger partial charge in [0, 0.05) is 11.3 Å². The predicted molar refractivity (Wildman–Crippen MR) is 47.7 cm³/mol. The van der Waals surface area contributed by atoms with Gasteiger partial charge in [-0.25, -0.2) is 4.79 Å². The highest BCUT2D eigenvalue weighted by Crippen LogP contribution is 2.33. The fraction of sp³-hybridized carbons (Fsp3) is 0.429. The Kier molecular flexibility index (Phi) is 1.68. The molecule has 2 N–H and O–H groups in total. The number of rotatable bonds is 0. The highest BCUT2D eigenvalue weighted by Gasteiger charge is 2.23. The number of aromatic nitrogens is 2. The van der Waals surface area contributed by atoms with Crippen LogP contribution >= 0.6 is 15.9 Å². The van der Waals surface area contributed by atoms with Gasteiger partial charge in [0.2, 0.25) is 0 Å². The van der Waals surface area contributed by atoms with E-state index in [1.807, 2.05) is 0 Å². The topological polar surface area (TPSA) is 65.7 Å². The van der Waals surface area contributed by atoms with E-state index in [9.17, 15) is 9.59 Å². The molecular formula is C7H7BrN2O2. The summed E-state index contributed by atoms with van der Waals surface area (Å²) >= 11 is 3.38. The lowest BCUT2D eigenvalue weighted by Crippen LogP contribution is -2.25. The molecule has 0 radical (unpaired) electrons. The third-order valence-electron chi connectivity index (χ3n) is 2.04. The van der Waals surface area contributed by atoms with Gasteiger partial charge < -0.3 is 4.98 Å². The minimum Gasteiger partial charge on any atom is -0.310 e. The predicted octanol–water partition coefficient (Wildman–Crippen LogP) is 0.445. The van der Waals surface area contributed by atoms with Gasteiger partial charge in [-0.3, -0.25) is 9.78 Å². The number of fused-ring (bicyclic) bond motifs is 1. The molecule has 2 rings (SSSR count). The SMILES string of the molecule is O=c1[nH]c2c(c(=O)[nH]1)CCC2Br. The monoisotopic (exact) mass is 230 g/mol. The average molecular weight is 231 g/mol. The fourth-order valence-corrected chi connectivity index (χ4v) is 2.08. The second-order valence-corrected chi connectivity index (χ2v) is 3.91. The van der Waals surface area contributed by atoms with Crippen LogP contribution < -0.4 is 11.2 Å². The Labute approximate surface area is 76.2 Å². The smallest absolute Gasteiger partial charge is 0.310 e. The zero-order valence-corrected chi connectivity index (χ0v) is 7.77. The molecule has 0 aliphatic heterocycles. The van der Waals surface area contributed by atoms with Gasteiger partial charge in [0.15, 0.2) is 0 Å². The molecule has 4 nitrogen and oxygen atoms in total. The van der Waals surface area contributed by atoms with E-state index in [2.05, 4.69) is 25.9 Å². The number of alkyl halides is 1. The van der Waals surface area contributed by atoms with E-state index in [0.717, 1.165) is 18.5 Å². The Bertz CT molecular complexity index is 420. The van der Waals surface area contributed by atoms with E-state index in [1.54, 1.807) is 0 Å². The van der Waals surface area contributed by atoms with Crippen LogP contribution in [0.5, 0.6) is 0 Å². The molecule has 1 aliphatic carbocycles. The standard InChI is InChI=1S/C7H7BrN2O2/c8-4-2-1-3-5(4)9-7(12)10-6(3)11/h4H,1-2H2,(H2,9,10,11,12). The Morgan fingerprint density at radius 1 is 1.33 bits per heavy atom. The first-order valence-corrected chi connectivity index (χ1v) is 4.59. The molecule has 0 amide bonds. The van der Waals surface area contributed by atoms with Crippen molar-refractivity contribution in [1.29, 1.82) is 0 Å². The zero-order chi connectivity index (χ0) is 8.72. The summed E-state index contributed by atoms with van der Waals surface area (Å²) in [6.45, 7) is 0. The number of H-pyrrole nitrogens is 2. The molecule has 5 heteroatoms. The Hall–Kier alpha value is -0.840. The van der Waals surface area contributed by atoms with Crippen molar-refractivity contribution < 1.29 is 0 Å². The van der Waals surface area contributed by atoms with Gasteiger partial charge in [-0.05, 0) is 12.8 Å². The van der Waals surface area contributed by atoms with E-state index in [0.29, 0.717) is 5.56 Å². The molecule has 12 heavy (non-hydrogen) atoms. The van der Waals surface area contributed by atoms with E-state index in [-0.39, 0.29) is 10.4 Å². The molecule has 0 saturated carbocycles. The third kappa shape index (κ3) is 1.04. The van der Waals surface area contributed by atoms with Gasteiger partial charge in [0.05, 0.1) is 4.83 Å². The first kappa shape index (κ1) is 7.79. The maximum atomic E-state index is 11.2. The van der Waals surface area contributed by atoms with Crippen molar-refractivity contribution in [2.24, 2.45) is 0 Å². The van der Waals surface area contributed by atoms with Crippen LogP contribution in [0.1, 0.15) is 22.5 Å². The largest absolute Gasteiger partial charge is 0.325 e. The minimum absolute atomic E-state index is 0.127. The van der Waals surface area contributed by atoms with Gasteiger partial charge in [-0.15, -0.1) is 0 Å². The lowest BCUT2D eigenvalue weighted by Gasteiger charge is -1.99. The van der Waals surface area contributed by atoms with Crippen molar-refractivity contribution in [3.63, 3.8) is 0 Å². The fourth-order valence-electron chi connectivity index (χ4n) is 1.46. The maximum absolute atomic E-state index is 11.2. The first-order valence-electron chi connectivity index (χ1n) is 3.68. The molecule has 1 unspecified atom stereocenters. The van der Waals surface area contributed by atoms with Crippen LogP contribution in [0.25, 0.3) is 0 Å². The van der Waals surface area contributed by atoms with Crippen molar-refractivity contribution in [1.82, 2.24) is 9.97 Å². The molecular weight excluding hydrogens is 224 g/mol. The van der Waals surface area contributed by atoms with E-state index >= 15 is 0 Å². The number of hydrogen-bond acceptors (Lipinski definition) is 2. The van der Waals surface area contributed by atoms with Crippen molar-refractivity contribution in [2.75, 3.05) is 0 Å². The number of hydrogen-bond donors (Lipinski definition) is 2. The third-order valence-corrected chi connectivity index (χ3v) is 2.95. The summed E-state index contributed by atoms with van der Waals surface area (Å²) in [5.41, 5.74) is 0.765. The van der Waals surface area contributed by atoms with E-state index in [4.69, 9.17) is 0 Å². The van der Waals surface area contributed by atoms with Crippen LogP contribution in [0.15, 0.2) is 9.59 Å². The molecule has 1 aromatic rings. The maximum Gasteiger partial charge on any atom is 0.325 e. The summed E-state index contributed by atoms with van der Waals surface area (Å²) in [6, 6.07) is 0. The van der Waals surface area contributed by atoms with Crippen molar-refractivity contribution in [2.45, 2.75) is 17.7 Å². The van der Waals surface area contributed by atoms with Gasteiger partial charge >= 0.3 is 5.69 Å². The Morgan fingerprint density at radius 2 is 2.08 bits per heavy atom. The summed E-state index contributed by atoms with van der Waals surface area (Å²) in [7, 11) is 0. The van der Waals surface area contributed by atoms with Gasteiger partial charge in [-0.2, -0.15) is 0 Å². The lowest BCUT2D eigenvalue weighted by molar-refractivity contribution is 0.886. The first-order chi connectivity index (χ1) is 5.68. The van der Waals surface area contributed by atoms with Crippen molar-refractivity contribution in [3.8, 4) is 0 Å². The van der Waals surface area contributed by atoms with Crippen LogP contribution in [-0.2, 0) is 6.42 Å². The number of aromatic amines is 2. The van der Waals surface area contributed by atoms with Gasteiger partial charge in [0.1, 0.15) is 0 Å². The molecule has 0 saturated heterocycles. The highest BCUT2D eigenvalue weighted by atomic mass is 79.9. The summed E-state index contributed by atoms with van der Waals surface area (Å²) < 4.78 is 0. The molecule has 0 fully saturated rings. The molecule has 1 aromatic heterocycles. The molecule has 1 heterocycles. The quantitative estimate of drug-likeness (QED) is 0.636. The minimum atomic E-state index is -0.426. The summed E-state index contributed by atoms with van der Waals surface area (Å²) in [6.07, 6.45) is 1.61. The molecule has 64 valence electrons. The Balaban J connectivity index is 2.77. The Morgan fingerprint density at radius 3 is 2.83 bits per heavy atom. The molecule has 0 bridgehead atoms. The lowest BCUT2D eigenvalue weighted by atomic mass is 10.3. The molecule has 0 spiro atoms. The number of halogens is 1. The number of nitrogens with one attached hydrogen (secondary N) is 2. The van der Waals surface area contributed by atoms with Crippen LogP contribution in [0.3, 0.4) is 0 Å². The van der Waals surface area contributed by atoms with Crippen molar-refractivity contribution >= 4 is 15.9 Å². The second kappa shape index (κ2) is 2.58. The summed E-state index contributed by atoms with van der Waals surface area (Å²) in [5, 5.41) is 0. The van der Waals surface area contributed by atoms with Gasteiger partial charge in [0.25, 0.3) is 5.56 Å². The van der Waals surface area contributed by atoms with E-state index < -0.39 is 5.69 Å². The second-order valence-electron chi connectivity index (χ2n) is 2.81.